The van der Waals surface area contributed by atoms with Crippen molar-refractivity contribution in [3.63, 3.8) is 0 Å². The summed E-state index contributed by atoms with van der Waals surface area (Å²) in [6, 6.07) is 8.00. The molecule has 0 atom stereocenters. The van der Waals surface area contributed by atoms with E-state index in [1.807, 2.05) is 34.1 Å². The summed E-state index contributed by atoms with van der Waals surface area (Å²) in [5.41, 5.74) is 13.7. The highest BCUT2D eigenvalue weighted by atomic mass is 19.4. The van der Waals surface area contributed by atoms with Crippen LogP contribution in [0.2, 0.25) is 0 Å². The van der Waals surface area contributed by atoms with Crippen molar-refractivity contribution in [2.24, 2.45) is 11.5 Å². The van der Waals surface area contributed by atoms with Crippen molar-refractivity contribution < 1.29 is 22.7 Å². The molecule has 160 valence electrons. The highest BCUT2D eigenvalue weighted by Gasteiger charge is 2.34. The minimum Gasteiger partial charge on any atom is -0.403 e. The highest BCUT2D eigenvalue weighted by molar-refractivity contribution is 5.77. The van der Waals surface area contributed by atoms with Gasteiger partial charge in [-0.25, -0.2) is 0 Å². The Morgan fingerprint density at radius 3 is 2.38 bits per heavy atom. The standard InChI is InChI=1S/C20H27F3N4O2/c21-20(22,23)13-29-18-11-26(12-18)17-6-4-14(5-7-17)15-9-27(10-15)19(28)3-1-2-16(25)8-24/h4-8,15,18H,1-3,9-13,24-25H2/b16-8-. The molecule has 2 heterocycles. The van der Waals surface area contributed by atoms with E-state index in [0.29, 0.717) is 57.1 Å². The van der Waals surface area contributed by atoms with Gasteiger partial charge in [0.1, 0.15) is 6.61 Å². The van der Waals surface area contributed by atoms with Gasteiger partial charge in [0.05, 0.1) is 6.10 Å². The summed E-state index contributed by atoms with van der Waals surface area (Å²) >= 11 is 0. The summed E-state index contributed by atoms with van der Waals surface area (Å²) in [5, 5.41) is 0. The lowest BCUT2D eigenvalue weighted by Gasteiger charge is -2.42. The van der Waals surface area contributed by atoms with E-state index < -0.39 is 12.8 Å². The van der Waals surface area contributed by atoms with Crippen LogP contribution in [0.3, 0.4) is 0 Å². The van der Waals surface area contributed by atoms with Crippen LogP contribution in [0.4, 0.5) is 18.9 Å². The van der Waals surface area contributed by atoms with Crippen LogP contribution >= 0.6 is 0 Å². The Morgan fingerprint density at radius 2 is 1.79 bits per heavy atom. The first-order valence-electron chi connectivity index (χ1n) is 9.72. The van der Waals surface area contributed by atoms with Gasteiger partial charge in [0, 0.05) is 56.1 Å². The maximum absolute atomic E-state index is 12.2. The number of amides is 1. The molecule has 2 saturated heterocycles. The predicted molar refractivity (Wildman–Crippen MR) is 104 cm³/mol. The van der Waals surface area contributed by atoms with Crippen LogP contribution in [0, 0.1) is 0 Å². The van der Waals surface area contributed by atoms with E-state index in [9.17, 15) is 18.0 Å². The highest BCUT2D eigenvalue weighted by Crippen LogP contribution is 2.31. The zero-order valence-electron chi connectivity index (χ0n) is 16.2. The molecule has 0 aliphatic carbocycles. The van der Waals surface area contributed by atoms with Gasteiger partial charge in [-0.1, -0.05) is 12.1 Å². The monoisotopic (exact) mass is 412 g/mol. The number of carbonyl (C=O) groups is 1. The number of carbonyl (C=O) groups excluding carboxylic acids is 1. The lowest BCUT2D eigenvalue weighted by molar-refractivity contribution is -0.187. The van der Waals surface area contributed by atoms with Crippen LogP contribution in [0.5, 0.6) is 0 Å². The summed E-state index contributed by atoms with van der Waals surface area (Å²) in [4.78, 5) is 16.0. The Bertz CT molecular complexity index is 724. The molecule has 0 saturated carbocycles. The van der Waals surface area contributed by atoms with E-state index in [1.54, 1.807) is 0 Å². The van der Waals surface area contributed by atoms with Crippen molar-refractivity contribution in [3.05, 3.63) is 41.7 Å². The fourth-order valence-corrected chi connectivity index (χ4v) is 3.50. The van der Waals surface area contributed by atoms with Crippen LogP contribution in [0.1, 0.15) is 30.7 Å². The van der Waals surface area contributed by atoms with E-state index in [1.165, 1.54) is 11.8 Å². The fourth-order valence-electron chi connectivity index (χ4n) is 3.50. The Kier molecular flexibility index (Phi) is 6.56. The average Bonchev–Trinajstić information content (AvgIpc) is 2.59. The first-order valence-corrected chi connectivity index (χ1v) is 9.72. The predicted octanol–water partition coefficient (Wildman–Crippen LogP) is 2.31. The summed E-state index contributed by atoms with van der Waals surface area (Å²) < 4.78 is 41.3. The maximum atomic E-state index is 12.2. The average molecular weight is 412 g/mol. The Balaban J connectivity index is 1.37. The van der Waals surface area contributed by atoms with Crippen molar-refractivity contribution in [2.75, 3.05) is 37.7 Å². The summed E-state index contributed by atoms with van der Waals surface area (Å²) in [6.45, 7) is 1.14. The third-order valence-electron chi connectivity index (χ3n) is 5.36. The number of hydrogen-bond donors (Lipinski definition) is 2. The number of nitrogens with zero attached hydrogens (tertiary/aromatic N) is 2. The number of nitrogens with two attached hydrogens (primary N) is 2. The second-order valence-electron chi connectivity index (χ2n) is 7.64. The third kappa shape index (κ3) is 5.79. The number of benzene rings is 1. The van der Waals surface area contributed by atoms with E-state index in [4.69, 9.17) is 16.2 Å². The van der Waals surface area contributed by atoms with Gasteiger partial charge in [-0.05, 0) is 30.5 Å². The third-order valence-corrected chi connectivity index (χ3v) is 5.36. The minimum atomic E-state index is -4.28. The number of alkyl halides is 3. The number of likely N-dealkylation sites (tertiary alicyclic amines) is 1. The molecule has 6 nitrogen and oxygen atoms in total. The van der Waals surface area contributed by atoms with Crippen molar-refractivity contribution >= 4 is 11.6 Å². The molecule has 0 unspecified atom stereocenters. The number of ether oxygens (including phenoxy) is 1. The number of halogens is 3. The van der Waals surface area contributed by atoms with Gasteiger partial charge in [0.25, 0.3) is 0 Å². The first-order chi connectivity index (χ1) is 13.7. The van der Waals surface area contributed by atoms with Gasteiger partial charge in [-0.2, -0.15) is 13.2 Å². The number of hydrogen-bond acceptors (Lipinski definition) is 5. The molecule has 4 N–H and O–H groups in total. The van der Waals surface area contributed by atoms with Crippen LogP contribution in [-0.2, 0) is 9.53 Å². The number of allylic oxidation sites excluding steroid dienone is 1. The zero-order valence-corrected chi connectivity index (χ0v) is 16.2. The van der Waals surface area contributed by atoms with Gasteiger partial charge < -0.3 is 26.0 Å². The van der Waals surface area contributed by atoms with E-state index in [2.05, 4.69) is 0 Å². The molecule has 0 aromatic heterocycles. The Hall–Kier alpha value is -2.42. The molecule has 0 bridgehead atoms. The molecular formula is C20H27F3N4O2. The minimum absolute atomic E-state index is 0.133. The summed E-state index contributed by atoms with van der Waals surface area (Å²) in [5.74, 6) is 0.453. The molecule has 2 aliphatic rings. The molecule has 0 spiro atoms. The normalized spacial score (nSPS) is 18.5. The SMILES string of the molecule is N/C=C(\N)CCCC(=O)N1CC(c2ccc(N3CC(OCC(F)(F)F)C3)cc2)C1. The van der Waals surface area contributed by atoms with Crippen molar-refractivity contribution in [1.29, 1.82) is 0 Å². The van der Waals surface area contributed by atoms with Crippen molar-refractivity contribution in [2.45, 2.75) is 37.5 Å². The molecule has 1 amide bonds. The topological polar surface area (TPSA) is 84.8 Å². The molecule has 1 aromatic carbocycles. The molecule has 3 rings (SSSR count). The van der Waals surface area contributed by atoms with Crippen LogP contribution in [0.25, 0.3) is 0 Å². The molecular weight excluding hydrogens is 385 g/mol. The lowest BCUT2D eigenvalue weighted by atomic mass is 9.90. The van der Waals surface area contributed by atoms with Crippen LogP contribution < -0.4 is 16.4 Å². The fraction of sp³-hybridized carbons (Fsp3) is 0.550. The van der Waals surface area contributed by atoms with Crippen LogP contribution in [-0.4, -0.2) is 55.9 Å². The van der Waals surface area contributed by atoms with Crippen molar-refractivity contribution in [3.8, 4) is 0 Å². The van der Waals surface area contributed by atoms with E-state index in [-0.39, 0.29) is 12.0 Å². The molecule has 29 heavy (non-hydrogen) atoms. The molecule has 2 fully saturated rings. The Morgan fingerprint density at radius 1 is 1.14 bits per heavy atom. The van der Waals surface area contributed by atoms with Gasteiger partial charge in [-0.15, -0.1) is 0 Å². The second-order valence-corrected chi connectivity index (χ2v) is 7.64. The van der Waals surface area contributed by atoms with Gasteiger partial charge in [0.2, 0.25) is 5.91 Å². The largest absolute Gasteiger partial charge is 0.411 e. The van der Waals surface area contributed by atoms with E-state index >= 15 is 0 Å². The smallest absolute Gasteiger partial charge is 0.403 e. The van der Waals surface area contributed by atoms with E-state index in [0.717, 1.165) is 5.69 Å². The summed E-state index contributed by atoms with van der Waals surface area (Å²) in [7, 11) is 0. The lowest BCUT2D eigenvalue weighted by Crippen LogP contribution is -2.53. The number of rotatable bonds is 8. The molecule has 1 aromatic rings. The number of anilines is 1. The van der Waals surface area contributed by atoms with Gasteiger partial charge in [0.15, 0.2) is 0 Å². The molecule has 2 aliphatic heterocycles. The van der Waals surface area contributed by atoms with Gasteiger partial charge in [-0.3, -0.25) is 4.79 Å². The van der Waals surface area contributed by atoms with Crippen molar-refractivity contribution in [1.82, 2.24) is 4.90 Å². The zero-order chi connectivity index (χ0) is 21.0. The van der Waals surface area contributed by atoms with Crippen LogP contribution in [0.15, 0.2) is 36.2 Å². The summed E-state index contributed by atoms with van der Waals surface area (Å²) in [6.07, 6.45) is -1.51. The first kappa shape index (κ1) is 21.3. The van der Waals surface area contributed by atoms with Gasteiger partial charge >= 0.3 is 6.18 Å². The second kappa shape index (κ2) is 8.94. The quantitative estimate of drug-likeness (QED) is 0.685. The molecule has 0 radical (unpaired) electrons. The maximum Gasteiger partial charge on any atom is 0.411 e. The Labute approximate surface area is 168 Å². The molecule has 9 heteroatoms.